The summed E-state index contributed by atoms with van der Waals surface area (Å²) in [4.78, 5) is 0. The van der Waals surface area contributed by atoms with Crippen molar-refractivity contribution >= 4 is 0 Å². The Kier molecular flexibility index (Phi) is 3.56. The molecule has 2 heterocycles. The molecule has 0 radical (unpaired) electrons. The zero-order chi connectivity index (χ0) is 12.4. The standard InChI is InChI=1S/C13H15FO4/c14-10-3-1-9(2-4-10)11(12-15-5-6-16-12)13-17-7-8-18-13/h1-4,11-13H,5-8H2. The van der Waals surface area contributed by atoms with Crippen LogP contribution in [0.2, 0.25) is 0 Å². The van der Waals surface area contributed by atoms with E-state index < -0.39 is 12.6 Å². The molecule has 2 aliphatic rings. The van der Waals surface area contributed by atoms with Gasteiger partial charge in [0.2, 0.25) is 0 Å². The molecule has 0 spiro atoms. The second-order valence-electron chi connectivity index (χ2n) is 4.30. The highest BCUT2D eigenvalue weighted by atomic mass is 19.1. The van der Waals surface area contributed by atoms with Gasteiger partial charge in [0.15, 0.2) is 12.6 Å². The van der Waals surface area contributed by atoms with E-state index in [-0.39, 0.29) is 11.7 Å². The van der Waals surface area contributed by atoms with Gasteiger partial charge in [-0.05, 0) is 17.7 Å². The van der Waals surface area contributed by atoms with Gasteiger partial charge >= 0.3 is 0 Å². The molecule has 1 aromatic rings. The van der Waals surface area contributed by atoms with Gasteiger partial charge in [-0.1, -0.05) is 12.1 Å². The molecule has 18 heavy (non-hydrogen) atoms. The molecule has 0 unspecified atom stereocenters. The molecular formula is C13H15FO4. The molecule has 3 rings (SSSR count). The van der Waals surface area contributed by atoms with Gasteiger partial charge in [0, 0.05) is 0 Å². The lowest BCUT2D eigenvalue weighted by Crippen LogP contribution is -2.31. The maximum Gasteiger partial charge on any atom is 0.169 e. The average molecular weight is 254 g/mol. The Morgan fingerprint density at radius 1 is 0.833 bits per heavy atom. The first kappa shape index (κ1) is 12.0. The van der Waals surface area contributed by atoms with Crippen LogP contribution in [0, 0.1) is 5.82 Å². The fraction of sp³-hybridized carbons (Fsp3) is 0.538. The molecular weight excluding hydrogens is 239 g/mol. The molecule has 0 saturated carbocycles. The SMILES string of the molecule is Fc1ccc(C(C2OCCO2)C2OCCO2)cc1. The Balaban J connectivity index is 1.85. The molecule has 2 fully saturated rings. The molecule has 4 nitrogen and oxygen atoms in total. The van der Waals surface area contributed by atoms with Crippen molar-refractivity contribution in [3.63, 3.8) is 0 Å². The molecule has 98 valence electrons. The number of hydrogen-bond donors (Lipinski definition) is 0. The summed E-state index contributed by atoms with van der Waals surface area (Å²) >= 11 is 0. The van der Waals surface area contributed by atoms with Gasteiger partial charge < -0.3 is 18.9 Å². The predicted molar refractivity (Wildman–Crippen MR) is 60.5 cm³/mol. The quantitative estimate of drug-likeness (QED) is 0.822. The molecule has 1 aromatic carbocycles. The van der Waals surface area contributed by atoms with E-state index in [0.717, 1.165) is 5.56 Å². The lowest BCUT2D eigenvalue weighted by molar-refractivity contribution is -0.145. The number of hydrogen-bond acceptors (Lipinski definition) is 4. The summed E-state index contributed by atoms with van der Waals surface area (Å²) in [6.07, 6.45) is -0.780. The van der Waals surface area contributed by atoms with Gasteiger partial charge in [-0.3, -0.25) is 0 Å². The first-order chi connectivity index (χ1) is 8.84. The number of benzene rings is 1. The van der Waals surface area contributed by atoms with Crippen LogP contribution in [0.4, 0.5) is 4.39 Å². The summed E-state index contributed by atoms with van der Waals surface area (Å²) in [5, 5.41) is 0. The molecule has 0 amide bonds. The van der Waals surface area contributed by atoms with Crippen LogP contribution >= 0.6 is 0 Å². The minimum absolute atomic E-state index is 0.185. The van der Waals surface area contributed by atoms with Gasteiger partial charge in [0.25, 0.3) is 0 Å². The van der Waals surface area contributed by atoms with Gasteiger partial charge in [0.05, 0.1) is 32.3 Å². The van der Waals surface area contributed by atoms with Crippen molar-refractivity contribution in [2.24, 2.45) is 0 Å². The van der Waals surface area contributed by atoms with Crippen LogP contribution in [0.3, 0.4) is 0 Å². The van der Waals surface area contributed by atoms with Crippen molar-refractivity contribution in [3.8, 4) is 0 Å². The fourth-order valence-corrected chi connectivity index (χ4v) is 2.30. The van der Waals surface area contributed by atoms with Crippen molar-refractivity contribution in [3.05, 3.63) is 35.6 Å². The lowest BCUT2D eigenvalue weighted by atomic mass is 9.97. The highest BCUT2D eigenvalue weighted by Gasteiger charge is 2.38. The van der Waals surface area contributed by atoms with E-state index in [2.05, 4.69) is 0 Å². The minimum atomic E-state index is -0.390. The van der Waals surface area contributed by atoms with Crippen molar-refractivity contribution < 1.29 is 23.3 Å². The van der Waals surface area contributed by atoms with Crippen molar-refractivity contribution in [2.45, 2.75) is 18.5 Å². The van der Waals surface area contributed by atoms with Crippen molar-refractivity contribution in [2.75, 3.05) is 26.4 Å². The summed E-state index contributed by atoms with van der Waals surface area (Å²) < 4.78 is 35.1. The van der Waals surface area contributed by atoms with Gasteiger partial charge in [0.1, 0.15) is 5.82 Å². The molecule has 5 heteroatoms. The molecule has 2 aliphatic heterocycles. The average Bonchev–Trinajstić information content (AvgIpc) is 3.06. The third-order valence-corrected chi connectivity index (χ3v) is 3.14. The van der Waals surface area contributed by atoms with Crippen LogP contribution in [0.1, 0.15) is 11.5 Å². The number of halogens is 1. The highest BCUT2D eigenvalue weighted by molar-refractivity contribution is 5.22. The highest BCUT2D eigenvalue weighted by Crippen LogP contribution is 2.32. The Morgan fingerprint density at radius 2 is 1.28 bits per heavy atom. The monoisotopic (exact) mass is 254 g/mol. The Bertz CT molecular complexity index is 366. The smallest absolute Gasteiger partial charge is 0.169 e. The zero-order valence-electron chi connectivity index (χ0n) is 9.88. The van der Waals surface area contributed by atoms with Crippen LogP contribution < -0.4 is 0 Å². The second kappa shape index (κ2) is 5.32. The largest absolute Gasteiger partial charge is 0.349 e. The summed E-state index contributed by atoms with van der Waals surface area (Å²) in [6.45, 7) is 2.26. The Morgan fingerprint density at radius 3 is 1.72 bits per heavy atom. The van der Waals surface area contributed by atoms with Gasteiger partial charge in [-0.2, -0.15) is 0 Å². The van der Waals surface area contributed by atoms with Gasteiger partial charge in [-0.15, -0.1) is 0 Å². The molecule has 0 aromatic heterocycles. The first-order valence-corrected chi connectivity index (χ1v) is 6.06. The Labute approximate surface area is 105 Å². The van der Waals surface area contributed by atoms with Crippen LogP contribution in [0.15, 0.2) is 24.3 Å². The zero-order valence-corrected chi connectivity index (χ0v) is 9.88. The summed E-state index contributed by atoms with van der Waals surface area (Å²) in [5.41, 5.74) is 0.898. The molecule has 2 saturated heterocycles. The summed E-state index contributed by atoms with van der Waals surface area (Å²) in [6, 6.07) is 6.28. The maximum atomic E-state index is 13.0. The second-order valence-corrected chi connectivity index (χ2v) is 4.30. The normalized spacial score (nSPS) is 22.1. The van der Waals surface area contributed by atoms with Crippen LogP contribution in [-0.2, 0) is 18.9 Å². The third-order valence-electron chi connectivity index (χ3n) is 3.14. The van der Waals surface area contributed by atoms with Crippen molar-refractivity contribution in [1.29, 1.82) is 0 Å². The Hall–Kier alpha value is -1.01. The molecule has 0 atom stereocenters. The topological polar surface area (TPSA) is 36.9 Å². The minimum Gasteiger partial charge on any atom is -0.349 e. The molecule has 0 bridgehead atoms. The third kappa shape index (κ3) is 2.40. The lowest BCUT2D eigenvalue weighted by Gasteiger charge is -2.26. The number of ether oxygens (including phenoxy) is 4. The summed E-state index contributed by atoms with van der Waals surface area (Å²) in [7, 11) is 0. The fourth-order valence-electron chi connectivity index (χ4n) is 2.30. The number of rotatable bonds is 3. The maximum absolute atomic E-state index is 13.0. The molecule has 0 N–H and O–H groups in total. The van der Waals surface area contributed by atoms with Crippen LogP contribution in [0.5, 0.6) is 0 Å². The summed E-state index contributed by atoms with van der Waals surface area (Å²) in [5.74, 6) is -0.449. The van der Waals surface area contributed by atoms with Crippen LogP contribution in [-0.4, -0.2) is 39.0 Å². The van der Waals surface area contributed by atoms with E-state index >= 15 is 0 Å². The van der Waals surface area contributed by atoms with E-state index in [1.165, 1.54) is 12.1 Å². The molecule has 0 aliphatic carbocycles. The predicted octanol–water partition coefficient (Wildman–Crippen LogP) is 1.66. The van der Waals surface area contributed by atoms with E-state index in [9.17, 15) is 4.39 Å². The van der Waals surface area contributed by atoms with E-state index in [1.54, 1.807) is 12.1 Å². The van der Waals surface area contributed by atoms with E-state index in [1.807, 2.05) is 0 Å². The van der Waals surface area contributed by atoms with Crippen LogP contribution in [0.25, 0.3) is 0 Å². The van der Waals surface area contributed by atoms with E-state index in [4.69, 9.17) is 18.9 Å². The first-order valence-electron chi connectivity index (χ1n) is 6.06. The van der Waals surface area contributed by atoms with E-state index in [0.29, 0.717) is 26.4 Å². The van der Waals surface area contributed by atoms with Gasteiger partial charge in [-0.25, -0.2) is 4.39 Å². The van der Waals surface area contributed by atoms with Crippen molar-refractivity contribution in [1.82, 2.24) is 0 Å².